The summed E-state index contributed by atoms with van der Waals surface area (Å²) in [5.41, 5.74) is 1.05. The first-order chi connectivity index (χ1) is 12.9. The molecule has 1 saturated heterocycles. The second kappa shape index (κ2) is 6.60. The molecule has 2 aromatic rings. The summed E-state index contributed by atoms with van der Waals surface area (Å²) in [4.78, 5) is 22.9. The van der Waals surface area contributed by atoms with Gasteiger partial charge in [0.05, 0.1) is 12.5 Å². The number of ether oxygens (including phenoxy) is 2. The maximum absolute atomic E-state index is 12.4. The minimum Gasteiger partial charge on any atom is -0.469 e. The van der Waals surface area contributed by atoms with Crippen molar-refractivity contribution in [1.82, 2.24) is 14.9 Å². The highest BCUT2D eigenvalue weighted by Gasteiger charge is 2.67. The average molecular weight is 367 g/mol. The smallest absolute Gasteiger partial charge is 0.321 e. The number of fused-ring (bicyclic) bond motifs is 1. The molecule has 2 atom stereocenters. The molecule has 1 aromatic heterocycles. The summed E-state index contributed by atoms with van der Waals surface area (Å²) in [5.74, 6) is 1.01. The first-order valence-corrected chi connectivity index (χ1v) is 9.27. The maximum Gasteiger partial charge on any atom is 0.321 e. The van der Waals surface area contributed by atoms with Crippen LogP contribution in [0.5, 0.6) is 11.8 Å². The van der Waals surface area contributed by atoms with E-state index >= 15 is 0 Å². The monoisotopic (exact) mass is 367 g/mol. The fraction of sp³-hybridized carbons (Fsp3) is 0.476. The molecule has 0 spiro atoms. The van der Waals surface area contributed by atoms with Crippen LogP contribution in [0.3, 0.4) is 0 Å². The molecule has 27 heavy (non-hydrogen) atoms. The van der Waals surface area contributed by atoms with Gasteiger partial charge in [-0.25, -0.2) is 9.97 Å². The van der Waals surface area contributed by atoms with Gasteiger partial charge in [0.25, 0.3) is 0 Å². The first kappa shape index (κ1) is 17.9. The molecule has 2 fully saturated rings. The number of methoxy groups -OCH3 is 1. The van der Waals surface area contributed by atoms with Crippen LogP contribution in [0.4, 0.5) is 0 Å². The van der Waals surface area contributed by atoms with Gasteiger partial charge in [0.2, 0.25) is 0 Å². The molecule has 142 valence electrons. The van der Waals surface area contributed by atoms with Crippen LogP contribution in [-0.2, 0) is 16.1 Å². The highest BCUT2D eigenvalue weighted by Crippen LogP contribution is 2.63. The highest BCUT2D eigenvalue weighted by atomic mass is 16.5. The van der Waals surface area contributed by atoms with Crippen molar-refractivity contribution >= 4 is 5.97 Å². The lowest BCUT2D eigenvalue weighted by atomic mass is 9.48. The van der Waals surface area contributed by atoms with Crippen molar-refractivity contribution in [1.29, 1.82) is 0 Å². The molecule has 4 rings (SSSR count). The van der Waals surface area contributed by atoms with Gasteiger partial charge in [0.15, 0.2) is 0 Å². The van der Waals surface area contributed by atoms with E-state index < -0.39 is 0 Å². The van der Waals surface area contributed by atoms with Crippen molar-refractivity contribution in [2.75, 3.05) is 20.2 Å². The van der Waals surface area contributed by atoms with Gasteiger partial charge in [-0.05, 0) is 41.5 Å². The Morgan fingerprint density at radius 2 is 1.93 bits per heavy atom. The van der Waals surface area contributed by atoms with Crippen LogP contribution in [0.2, 0.25) is 0 Å². The quantitative estimate of drug-likeness (QED) is 0.756. The predicted octanol–water partition coefficient (Wildman–Crippen LogP) is 3.29. The zero-order valence-corrected chi connectivity index (χ0v) is 16.0. The molecule has 0 amide bonds. The SMILES string of the molecule is COC(=O)[C@@]12CN(Cc3ccc(Oc4ncccn4)cc3)C[C@@H]1C(C)(C)C2. The van der Waals surface area contributed by atoms with Crippen LogP contribution in [0.1, 0.15) is 25.8 Å². The Balaban J connectivity index is 1.42. The Hall–Kier alpha value is -2.47. The lowest BCUT2D eigenvalue weighted by Crippen LogP contribution is -2.57. The number of benzene rings is 1. The Morgan fingerprint density at radius 3 is 2.56 bits per heavy atom. The van der Waals surface area contributed by atoms with Crippen LogP contribution in [0, 0.1) is 16.7 Å². The summed E-state index contributed by atoms with van der Waals surface area (Å²) in [6.45, 7) is 7.01. The molecule has 1 aromatic carbocycles. The van der Waals surface area contributed by atoms with E-state index in [0.717, 1.165) is 26.1 Å². The summed E-state index contributed by atoms with van der Waals surface area (Å²) >= 11 is 0. The molecule has 1 aliphatic heterocycles. The van der Waals surface area contributed by atoms with Gasteiger partial charge in [-0.15, -0.1) is 0 Å². The van der Waals surface area contributed by atoms with Crippen molar-refractivity contribution in [3.63, 3.8) is 0 Å². The molecule has 2 heterocycles. The Kier molecular flexibility index (Phi) is 4.38. The third kappa shape index (κ3) is 3.18. The van der Waals surface area contributed by atoms with Crippen LogP contribution >= 0.6 is 0 Å². The van der Waals surface area contributed by atoms with Gasteiger partial charge >= 0.3 is 12.0 Å². The van der Waals surface area contributed by atoms with Gasteiger partial charge < -0.3 is 9.47 Å². The van der Waals surface area contributed by atoms with E-state index in [2.05, 4.69) is 40.8 Å². The first-order valence-electron chi connectivity index (χ1n) is 9.27. The van der Waals surface area contributed by atoms with Gasteiger partial charge in [-0.3, -0.25) is 9.69 Å². The largest absolute Gasteiger partial charge is 0.469 e. The van der Waals surface area contributed by atoms with Crippen LogP contribution in [0.25, 0.3) is 0 Å². The fourth-order valence-corrected chi connectivity index (χ4v) is 4.95. The summed E-state index contributed by atoms with van der Waals surface area (Å²) in [6, 6.07) is 10.0. The number of hydrogen-bond donors (Lipinski definition) is 0. The van der Waals surface area contributed by atoms with Crippen molar-refractivity contribution in [3.05, 3.63) is 48.3 Å². The van der Waals surface area contributed by atoms with E-state index in [0.29, 0.717) is 17.7 Å². The third-order valence-corrected chi connectivity index (χ3v) is 6.00. The molecule has 0 unspecified atom stereocenters. The molecule has 1 aliphatic carbocycles. The van der Waals surface area contributed by atoms with E-state index in [1.165, 1.54) is 12.7 Å². The number of carbonyl (C=O) groups excluding carboxylic acids is 1. The van der Waals surface area contributed by atoms with Crippen molar-refractivity contribution in [2.24, 2.45) is 16.7 Å². The normalized spacial score (nSPS) is 26.1. The van der Waals surface area contributed by atoms with Crippen LogP contribution in [-0.4, -0.2) is 41.0 Å². The number of rotatable bonds is 5. The molecular weight excluding hydrogens is 342 g/mol. The molecule has 1 saturated carbocycles. The topological polar surface area (TPSA) is 64.5 Å². The average Bonchev–Trinajstić information content (AvgIpc) is 2.98. The Bertz CT molecular complexity index is 822. The van der Waals surface area contributed by atoms with Gasteiger partial charge in [0.1, 0.15) is 5.75 Å². The van der Waals surface area contributed by atoms with E-state index in [-0.39, 0.29) is 16.8 Å². The Morgan fingerprint density at radius 1 is 1.22 bits per heavy atom. The minimum atomic E-state index is -0.327. The van der Waals surface area contributed by atoms with Crippen molar-refractivity contribution in [3.8, 4) is 11.8 Å². The van der Waals surface area contributed by atoms with E-state index in [1.54, 1.807) is 18.5 Å². The number of nitrogens with zero attached hydrogens (tertiary/aromatic N) is 3. The minimum absolute atomic E-state index is 0.0547. The van der Waals surface area contributed by atoms with Gasteiger partial charge in [-0.2, -0.15) is 0 Å². The lowest BCUT2D eigenvalue weighted by Gasteiger charge is -2.54. The number of esters is 1. The molecule has 0 N–H and O–H groups in total. The molecule has 6 heteroatoms. The van der Waals surface area contributed by atoms with Crippen molar-refractivity contribution in [2.45, 2.75) is 26.8 Å². The summed E-state index contributed by atoms with van der Waals surface area (Å²) < 4.78 is 10.8. The van der Waals surface area contributed by atoms with E-state index in [4.69, 9.17) is 9.47 Å². The van der Waals surface area contributed by atoms with Crippen LogP contribution < -0.4 is 4.74 Å². The lowest BCUT2D eigenvalue weighted by molar-refractivity contribution is -0.174. The third-order valence-electron chi connectivity index (χ3n) is 6.00. The van der Waals surface area contributed by atoms with E-state index in [1.807, 2.05) is 12.1 Å². The summed E-state index contributed by atoms with van der Waals surface area (Å²) in [6.07, 6.45) is 4.20. The van der Waals surface area contributed by atoms with Crippen LogP contribution in [0.15, 0.2) is 42.7 Å². The number of likely N-dealkylation sites (tertiary alicyclic amines) is 1. The number of hydrogen-bond acceptors (Lipinski definition) is 6. The van der Waals surface area contributed by atoms with Gasteiger partial charge in [-0.1, -0.05) is 26.0 Å². The summed E-state index contributed by atoms with van der Waals surface area (Å²) in [5, 5.41) is 0. The molecule has 0 bridgehead atoms. The molecule has 0 radical (unpaired) electrons. The standard InChI is InChI=1S/C21H25N3O3/c1-20(2)13-21(18(25)26-3)14-24(12-17(20)21)11-15-5-7-16(8-6-15)27-19-22-9-4-10-23-19/h4-10,17H,11-14H2,1-3H3/t17-,21+/m1/s1. The molecular formula is C21H25N3O3. The molecule has 6 nitrogen and oxygen atoms in total. The highest BCUT2D eigenvalue weighted by molar-refractivity contribution is 5.80. The Labute approximate surface area is 159 Å². The molecule has 2 aliphatic rings. The predicted molar refractivity (Wildman–Crippen MR) is 100 cm³/mol. The number of aromatic nitrogens is 2. The second-order valence-corrected chi connectivity index (χ2v) is 8.31. The maximum atomic E-state index is 12.4. The van der Waals surface area contributed by atoms with E-state index in [9.17, 15) is 4.79 Å². The summed E-state index contributed by atoms with van der Waals surface area (Å²) in [7, 11) is 1.50. The second-order valence-electron chi connectivity index (χ2n) is 8.31. The zero-order valence-electron chi connectivity index (χ0n) is 16.0. The number of carbonyl (C=O) groups is 1. The fourth-order valence-electron chi connectivity index (χ4n) is 4.95. The van der Waals surface area contributed by atoms with Gasteiger partial charge in [0, 0.05) is 32.0 Å². The zero-order chi connectivity index (χ0) is 19.1. The van der Waals surface area contributed by atoms with Crippen molar-refractivity contribution < 1.29 is 14.3 Å².